The topological polar surface area (TPSA) is 64.9 Å². The van der Waals surface area contributed by atoms with E-state index in [1.165, 1.54) is 4.90 Å². The molecule has 0 aliphatic rings. The maximum absolute atomic E-state index is 6.15. The zero-order valence-corrected chi connectivity index (χ0v) is 13.9. The van der Waals surface area contributed by atoms with Gasteiger partial charge in [-0.1, -0.05) is 32.9 Å². The van der Waals surface area contributed by atoms with E-state index in [0.717, 1.165) is 11.3 Å². The number of hydrogen-bond donors (Lipinski definition) is 1. The molecule has 2 rings (SSSR count). The Kier molecular flexibility index (Phi) is 5.06. The molecule has 1 heterocycles. The minimum atomic E-state index is -0.00544. The Bertz CT molecular complexity index is 572. The zero-order valence-electron chi connectivity index (χ0n) is 13.1. The number of rotatable bonds is 5. The predicted octanol–water partition coefficient (Wildman–Crippen LogP) is 3.76. The van der Waals surface area contributed by atoms with E-state index in [1.54, 1.807) is 0 Å². The molecule has 0 aliphatic carbocycles. The second-order valence-corrected chi connectivity index (χ2v) is 7.48. The lowest BCUT2D eigenvalue weighted by Gasteiger charge is -2.25. The Morgan fingerprint density at radius 2 is 1.90 bits per heavy atom. The van der Waals surface area contributed by atoms with Gasteiger partial charge < -0.3 is 10.3 Å². The summed E-state index contributed by atoms with van der Waals surface area (Å²) in [5, 5.41) is 4.05. The number of nitrogens with zero attached hydrogens (tertiary/aromatic N) is 2. The molecule has 0 spiro atoms. The second-order valence-electron chi connectivity index (χ2n) is 6.15. The molecule has 0 amide bonds. The molecule has 4 nitrogen and oxygen atoms in total. The average Bonchev–Trinajstić information content (AvgIpc) is 2.87. The van der Waals surface area contributed by atoms with Crippen LogP contribution in [0.4, 0.5) is 0 Å². The molecular weight excluding hydrogens is 282 g/mol. The summed E-state index contributed by atoms with van der Waals surface area (Å²) in [6.45, 7) is 8.47. The summed E-state index contributed by atoms with van der Waals surface area (Å²) in [7, 11) is 0. The summed E-state index contributed by atoms with van der Waals surface area (Å²) in [4.78, 5) is 5.69. The Morgan fingerprint density at radius 1 is 1.24 bits per heavy atom. The van der Waals surface area contributed by atoms with Crippen LogP contribution in [0.3, 0.4) is 0 Å². The zero-order chi connectivity index (χ0) is 15.5. The standard InChI is InChI=1S/C16H23N3OS/c1-5-21-12-8-6-11(7-9-12)15-18-14(20-19-15)10-13(17)16(2,3)4/h6-9,13H,5,10,17H2,1-4H3. The molecule has 0 saturated carbocycles. The smallest absolute Gasteiger partial charge is 0.228 e. The van der Waals surface area contributed by atoms with Crippen LogP contribution in [0, 0.1) is 5.41 Å². The molecule has 2 N–H and O–H groups in total. The Morgan fingerprint density at radius 3 is 2.48 bits per heavy atom. The first-order chi connectivity index (χ1) is 9.90. The summed E-state index contributed by atoms with van der Waals surface area (Å²) < 4.78 is 5.32. The van der Waals surface area contributed by atoms with Crippen molar-refractivity contribution in [1.82, 2.24) is 10.1 Å². The highest BCUT2D eigenvalue weighted by Gasteiger charge is 2.23. The second kappa shape index (κ2) is 6.62. The van der Waals surface area contributed by atoms with Crippen LogP contribution in [0.2, 0.25) is 0 Å². The third-order valence-corrected chi connectivity index (χ3v) is 4.29. The first-order valence-corrected chi connectivity index (χ1v) is 8.20. The fraction of sp³-hybridized carbons (Fsp3) is 0.500. The summed E-state index contributed by atoms with van der Waals surface area (Å²) >= 11 is 1.81. The van der Waals surface area contributed by atoms with Crippen molar-refractivity contribution in [3.8, 4) is 11.4 Å². The van der Waals surface area contributed by atoms with Crippen molar-refractivity contribution in [1.29, 1.82) is 0 Å². The van der Waals surface area contributed by atoms with Gasteiger partial charge >= 0.3 is 0 Å². The van der Waals surface area contributed by atoms with E-state index in [0.29, 0.717) is 18.1 Å². The van der Waals surface area contributed by atoms with Gasteiger partial charge in [-0.15, -0.1) is 11.8 Å². The van der Waals surface area contributed by atoms with Gasteiger partial charge in [-0.05, 0) is 35.4 Å². The van der Waals surface area contributed by atoms with Gasteiger partial charge in [-0.3, -0.25) is 0 Å². The summed E-state index contributed by atoms with van der Waals surface area (Å²) in [5.74, 6) is 2.29. The molecule has 0 fully saturated rings. The maximum atomic E-state index is 6.15. The number of benzene rings is 1. The van der Waals surface area contributed by atoms with Crippen LogP contribution in [0.1, 0.15) is 33.6 Å². The van der Waals surface area contributed by atoms with Gasteiger partial charge in [0.1, 0.15) is 0 Å². The van der Waals surface area contributed by atoms with Crippen molar-refractivity contribution in [2.45, 2.75) is 45.1 Å². The minimum Gasteiger partial charge on any atom is -0.339 e. The fourth-order valence-electron chi connectivity index (χ4n) is 1.82. The summed E-state index contributed by atoms with van der Waals surface area (Å²) in [6, 6.07) is 8.21. The monoisotopic (exact) mass is 305 g/mol. The van der Waals surface area contributed by atoms with Crippen LogP contribution in [0.15, 0.2) is 33.7 Å². The van der Waals surface area contributed by atoms with Crippen LogP contribution < -0.4 is 5.73 Å². The molecule has 1 unspecified atom stereocenters. The molecule has 1 aromatic heterocycles. The molecule has 0 bridgehead atoms. The Hall–Kier alpha value is -1.33. The summed E-state index contributed by atoms with van der Waals surface area (Å²) in [5.41, 5.74) is 7.14. The van der Waals surface area contributed by atoms with Crippen molar-refractivity contribution in [3.05, 3.63) is 30.2 Å². The van der Waals surface area contributed by atoms with E-state index < -0.39 is 0 Å². The minimum absolute atomic E-state index is 0.00544. The Labute approximate surface area is 130 Å². The van der Waals surface area contributed by atoms with Crippen molar-refractivity contribution < 1.29 is 4.52 Å². The van der Waals surface area contributed by atoms with E-state index in [1.807, 2.05) is 23.9 Å². The number of nitrogens with two attached hydrogens (primary N) is 1. The SMILES string of the molecule is CCSc1ccc(-c2noc(CC(N)C(C)(C)C)n2)cc1. The van der Waals surface area contributed by atoms with Gasteiger partial charge in [0.2, 0.25) is 11.7 Å². The fourth-order valence-corrected chi connectivity index (χ4v) is 2.48. The van der Waals surface area contributed by atoms with E-state index in [2.05, 4.69) is 50.0 Å². The van der Waals surface area contributed by atoms with Crippen LogP contribution in [-0.4, -0.2) is 21.9 Å². The van der Waals surface area contributed by atoms with Gasteiger partial charge in [0.05, 0.1) is 0 Å². The average molecular weight is 305 g/mol. The molecule has 0 aliphatic heterocycles. The van der Waals surface area contributed by atoms with E-state index in [-0.39, 0.29) is 11.5 Å². The molecule has 1 aromatic carbocycles. The number of aromatic nitrogens is 2. The highest BCUT2D eigenvalue weighted by atomic mass is 32.2. The van der Waals surface area contributed by atoms with Gasteiger partial charge in [-0.2, -0.15) is 4.98 Å². The quantitative estimate of drug-likeness (QED) is 0.852. The van der Waals surface area contributed by atoms with E-state index in [9.17, 15) is 0 Å². The highest BCUT2D eigenvalue weighted by molar-refractivity contribution is 7.99. The lowest BCUT2D eigenvalue weighted by Crippen LogP contribution is -2.36. The molecule has 0 radical (unpaired) electrons. The summed E-state index contributed by atoms with van der Waals surface area (Å²) in [6.07, 6.45) is 0.597. The van der Waals surface area contributed by atoms with Crippen LogP contribution in [0.5, 0.6) is 0 Å². The van der Waals surface area contributed by atoms with Crippen molar-refractivity contribution >= 4 is 11.8 Å². The third kappa shape index (κ3) is 4.32. The van der Waals surface area contributed by atoms with Gasteiger partial charge in [-0.25, -0.2) is 0 Å². The predicted molar refractivity (Wildman–Crippen MR) is 87.3 cm³/mol. The lowest BCUT2D eigenvalue weighted by molar-refractivity contribution is 0.286. The lowest BCUT2D eigenvalue weighted by atomic mass is 9.85. The maximum Gasteiger partial charge on any atom is 0.228 e. The third-order valence-electron chi connectivity index (χ3n) is 3.40. The van der Waals surface area contributed by atoms with Crippen LogP contribution in [-0.2, 0) is 6.42 Å². The molecule has 5 heteroatoms. The molecular formula is C16H23N3OS. The molecule has 0 saturated heterocycles. The van der Waals surface area contributed by atoms with Gasteiger partial charge in [0.15, 0.2) is 0 Å². The largest absolute Gasteiger partial charge is 0.339 e. The van der Waals surface area contributed by atoms with Crippen LogP contribution >= 0.6 is 11.8 Å². The number of thioether (sulfide) groups is 1. The highest BCUT2D eigenvalue weighted by Crippen LogP contribution is 2.24. The molecule has 1 atom stereocenters. The van der Waals surface area contributed by atoms with Gasteiger partial charge in [0, 0.05) is 22.9 Å². The molecule has 114 valence electrons. The first kappa shape index (κ1) is 16.0. The number of hydrogen-bond acceptors (Lipinski definition) is 5. The van der Waals surface area contributed by atoms with Crippen molar-refractivity contribution in [2.24, 2.45) is 11.1 Å². The first-order valence-electron chi connectivity index (χ1n) is 7.21. The van der Waals surface area contributed by atoms with Crippen molar-refractivity contribution in [2.75, 3.05) is 5.75 Å². The Balaban J connectivity index is 2.09. The normalized spacial score (nSPS) is 13.4. The van der Waals surface area contributed by atoms with E-state index in [4.69, 9.17) is 10.3 Å². The van der Waals surface area contributed by atoms with Gasteiger partial charge in [0.25, 0.3) is 0 Å². The van der Waals surface area contributed by atoms with E-state index >= 15 is 0 Å². The van der Waals surface area contributed by atoms with Crippen LogP contribution in [0.25, 0.3) is 11.4 Å². The van der Waals surface area contributed by atoms with Crippen molar-refractivity contribution in [3.63, 3.8) is 0 Å². The molecule has 2 aromatic rings. The molecule has 21 heavy (non-hydrogen) atoms.